The highest BCUT2D eigenvalue weighted by Crippen LogP contribution is 2.39. The Balaban J connectivity index is 1.15. The van der Waals surface area contributed by atoms with Crippen molar-refractivity contribution in [3.63, 3.8) is 0 Å². The molecule has 1 aromatic heterocycles. The summed E-state index contributed by atoms with van der Waals surface area (Å²) in [4.78, 5) is 24.6. The molecule has 4 aromatic carbocycles. The SMILES string of the molecule is CCCCCCCCN(CCCCCCCC)C[C@@H]1C[C@H](c2ccc(CO)cc2)O[C@H](c2cccc(-c3cccc(CNC(=O)c4cnc5ccccc5n4)c3)c2)O1. The van der Waals surface area contributed by atoms with Gasteiger partial charge in [0, 0.05) is 25.1 Å². The molecule has 58 heavy (non-hydrogen) atoms. The van der Waals surface area contributed by atoms with Gasteiger partial charge in [-0.15, -0.1) is 0 Å². The van der Waals surface area contributed by atoms with Gasteiger partial charge in [-0.05, 0) is 78.0 Å². The molecule has 1 aliphatic heterocycles. The predicted molar refractivity (Wildman–Crippen MR) is 234 cm³/mol. The van der Waals surface area contributed by atoms with Crippen LogP contribution in [0.25, 0.3) is 22.2 Å². The van der Waals surface area contributed by atoms with Gasteiger partial charge in [0.15, 0.2) is 6.29 Å². The summed E-state index contributed by atoms with van der Waals surface area (Å²) in [6.07, 6.45) is 17.1. The first kappa shape index (κ1) is 43.1. The van der Waals surface area contributed by atoms with E-state index in [2.05, 4.69) is 82.6 Å². The number of fused-ring (bicyclic) bond motifs is 1. The number of ether oxygens (including phenoxy) is 2. The lowest BCUT2D eigenvalue weighted by Gasteiger charge is -2.38. The Hall–Kier alpha value is -4.47. The number of aliphatic hydroxyl groups is 1. The van der Waals surface area contributed by atoms with Gasteiger partial charge in [-0.1, -0.05) is 151 Å². The fraction of sp³-hybridized carbons (Fsp3) is 0.460. The van der Waals surface area contributed by atoms with Crippen molar-refractivity contribution < 1.29 is 19.4 Å². The first-order valence-corrected chi connectivity index (χ1v) is 21.9. The molecular formula is C50H64N4O4. The fourth-order valence-electron chi connectivity index (χ4n) is 7.91. The number of benzene rings is 4. The summed E-state index contributed by atoms with van der Waals surface area (Å²) >= 11 is 0. The van der Waals surface area contributed by atoms with Gasteiger partial charge in [0.1, 0.15) is 5.69 Å². The number of nitrogens with zero attached hydrogens (tertiary/aromatic N) is 3. The van der Waals surface area contributed by atoms with E-state index in [0.29, 0.717) is 17.8 Å². The molecule has 0 saturated carbocycles. The highest BCUT2D eigenvalue weighted by atomic mass is 16.7. The maximum absolute atomic E-state index is 13.0. The van der Waals surface area contributed by atoms with Crippen LogP contribution in [-0.4, -0.2) is 51.6 Å². The molecule has 0 aliphatic carbocycles. The third kappa shape index (κ3) is 13.0. The van der Waals surface area contributed by atoms with E-state index in [1.54, 1.807) is 0 Å². The van der Waals surface area contributed by atoms with Gasteiger partial charge in [0.05, 0.1) is 36.0 Å². The topological polar surface area (TPSA) is 96.8 Å². The van der Waals surface area contributed by atoms with Gasteiger partial charge in [0.2, 0.25) is 0 Å². The maximum Gasteiger partial charge on any atom is 0.271 e. The summed E-state index contributed by atoms with van der Waals surface area (Å²) in [5, 5.41) is 12.7. The van der Waals surface area contributed by atoms with Crippen molar-refractivity contribution in [2.45, 2.75) is 129 Å². The molecule has 0 bridgehead atoms. The summed E-state index contributed by atoms with van der Waals surface area (Å²) in [5.74, 6) is -0.259. The number of hydrogen-bond acceptors (Lipinski definition) is 7. The number of hydrogen-bond donors (Lipinski definition) is 2. The molecule has 8 heteroatoms. The van der Waals surface area contributed by atoms with Crippen molar-refractivity contribution in [3.05, 3.63) is 131 Å². The van der Waals surface area contributed by atoms with Crippen molar-refractivity contribution in [2.24, 2.45) is 0 Å². The van der Waals surface area contributed by atoms with Crippen LogP contribution in [0.2, 0.25) is 0 Å². The molecule has 0 spiro atoms. The van der Waals surface area contributed by atoms with Crippen LogP contribution in [0.4, 0.5) is 0 Å². The average Bonchev–Trinajstić information content (AvgIpc) is 3.27. The van der Waals surface area contributed by atoms with E-state index >= 15 is 0 Å². The quantitative estimate of drug-likeness (QED) is 0.0637. The van der Waals surface area contributed by atoms with Crippen LogP contribution < -0.4 is 5.32 Å². The Bertz CT molecular complexity index is 1970. The van der Waals surface area contributed by atoms with E-state index in [1.807, 2.05) is 48.5 Å². The van der Waals surface area contributed by atoms with E-state index in [9.17, 15) is 9.90 Å². The van der Waals surface area contributed by atoms with Gasteiger partial charge in [-0.2, -0.15) is 0 Å². The molecule has 8 nitrogen and oxygen atoms in total. The lowest BCUT2D eigenvalue weighted by Crippen LogP contribution is -2.40. The summed E-state index contributed by atoms with van der Waals surface area (Å²) in [7, 11) is 0. The number of aromatic nitrogens is 2. The third-order valence-corrected chi connectivity index (χ3v) is 11.3. The molecule has 5 aromatic rings. The lowest BCUT2D eigenvalue weighted by atomic mass is 9.98. The average molecular weight is 785 g/mol. The Morgan fingerprint density at radius 1 is 0.707 bits per heavy atom. The van der Waals surface area contributed by atoms with Gasteiger partial charge in [-0.25, -0.2) is 4.98 Å². The highest BCUT2D eigenvalue weighted by Gasteiger charge is 2.33. The van der Waals surface area contributed by atoms with E-state index in [1.165, 1.54) is 83.2 Å². The van der Waals surface area contributed by atoms with Crippen LogP contribution in [0.15, 0.2) is 103 Å². The molecule has 2 heterocycles. The maximum atomic E-state index is 13.0. The molecule has 6 rings (SSSR count). The number of rotatable bonds is 23. The Morgan fingerprint density at radius 2 is 1.36 bits per heavy atom. The summed E-state index contributed by atoms with van der Waals surface area (Å²) in [6.45, 7) is 8.02. The van der Waals surface area contributed by atoms with Crippen LogP contribution in [-0.2, 0) is 22.6 Å². The number of aliphatic hydroxyl groups excluding tert-OH is 1. The molecule has 1 fully saturated rings. The predicted octanol–water partition coefficient (Wildman–Crippen LogP) is 11.3. The van der Waals surface area contributed by atoms with E-state index in [4.69, 9.17) is 9.47 Å². The molecule has 1 aliphatic rings. The monoisotopic (exact) mass is 784 g/mol. The minimum Gasteiger partial charge on any atom is -0.392 e. The minimum atomic E-state index is -0.531. The highest BCUT2D eigenvalue weighted by molar-refractivity contribution is 5.93. The summed E-state index contributed by atoms with van der Waals surface area (Å²) in [5.41, 5.74) is 7.81. The van der Waals surface area contributed by atoms with Gasteiger partial charge < -0.3 is 24.8 Å². The number of para-hydroxylation sites is 2. The second-order valence-electron chi connectivity index (χ2n) is 15.9. The molecule has 2 N–H and O–H groups in total. The Labute approximate surface area is 346 Å². The van der Waals surface area contributed by atoms with E-state index < -0.39 is 6.29 Å². The zero-order valence-electron chi connectivity index (χ0n) is 34.8. The van der Waals surface area contributed by atoms with Crippen molar-refractivity contribution in [2.75, 3.05) is 19.6 Å². The largest absolute Gasteiger partial charge is 0.392 e. The zero-order valence-corrected chi connectivity index (χ0v) is 34.8. The van der Waals surface area contributed by atoms with Crippen molar-refractivity contribution in [1.29, 1.82) is 0 Å². The van der Waals surface area contributed by atoms with Gasteiger partial charge in [-0.3, -0.25) is 9.78 Å². The minimum absolute atomic E-state index is 0.00402. The number of carbonyl (C=O) groups excluding carboxylic acids is 1. The Kier molecular flexibility index (Phi) is 17.3. The molecule has 1 saturated heterocycles. The smallest absolute Gasteiger partial charge is 0.271 e. The van der Waals surface area contributed by atoms with E-state index in [-0.39, 0.29) is 24.7 Å². The van der Waals surface area contributed by atoms with Crippen molar-refractivity contribution in [3.8, 4) is 11.1 Å². The van der Waals surface area contributed by atoms with Crippen LogP contribution >= 0.6 is 0 Å². The second kappa shape index (κ2) is 23.2. The molecule has 0 radical (unpaired) electrons. The van der Waals surface area contributed by atoms with Crippen LogP contribution in [0, 0.1) is 0 Å². The number of amides is 1. The van der Waals surface area contributed by atoms with Gasteiger partial charge >= 0.3 is 0 Å². The van der Waals surface area contributed by atoms with E-state index in [0.717, 1.165) is 65.0 Å². The third-order valence-electron chi connectivity index (χ3n) is 11.3. The normalized spacial score (nSPS) is 16.9. The Morgan fingerprint density at radius 3 is 2.07 bits per heavy atom. The van der Waals surface area contributed by atoms with Crippen LogP contribution in [0.5, 0.6) is 0 Å². The summed E-state index contributed by atoms with van der Waals surface area (Å²) in [6, 6.07) is 32.4. The molecule has 1 amide bonds. The second-order valence-corrected chi connectivity index (χ2v) is 15.9. The van der Waals surface area contributed by atoms with Crippen LogP contribution in [0.3, 0.4) is 0 Å². The first-order chi connectivity index (χ1) is 28.5. The molecule has 3 atom stereocenters. The lowest BCUT2D eigenvalue weighted by molar-refractivity contribution is -0.253. The standard InChI is InChI=1S/C50H64N4O4/c1-3-5-7-9-11-15-29-54(30-16-12-10-8-6-4-2)36-44-33-48(40-27-25-38(37-55)26-28-40)58-50(57-44)43-22-18-21-42(32-43)41-20-17-19-39(31-41)34-52-49(56)47-35-51-45-23-13-14-24-46(45)53-47/h13-14,17-28,31-32,35,44,48,50,55H,3-12,15-16,29-30,33-34,36-37H2,1-2H3,(H,52,56)/t44-,48+,50+/m0/s1. The van der Waals surface area contributed by atoms with Crippen molar-refractivity contribution >= 4 is 16.9 Å². The summed E-state index contributed by atoms with van der Waals surface area (Å²) < 4.78 is 13.7. The van der Waals surface area contributed by atoms with Crippen molar-refractivity contribution in [1.82, 2.24) is 20.2 Å². The number of nitrogens with one attached hydrogen (secondary N) is 1. The molecule has 308 valence electrons. The zero-order chi connectivity index (χ0) is 40.4. The van der Waals surface area contributed by atoms with Crippen LogP contribution in [0.1, 0.15) is 142 Å². The molecular weight excluding hydrogens is 721 g/mol. The van der Waals surface area contributed by atoms with Gasteiger partial charge in [0.25, 0.3) is 5.91 Å². The molecule has 0 unspecified atom stereocenters. The number of carbonyl (C=O) groups is 1. The fourth-order valence-corrected chi connectivity index (χ4v) is 7.91. The number of unbranched alkanes of at least 4 members (excludes halogenated alkanes) is 10. The first-order valence-electron chi connectivity index (χ1n) is 21.9.